The topological polar surface area (TPSA) is 83.1 Å². The molecule has 0 spiro atoms. The van der Waals surface area contributed by atoms with Gasteiger partial charge in [-0.05, 0) is 37.0 Å². The Bertz CT molecular complexity index is 937. The van der Waals surface area contributed by atoms with Gasteiger partial charge in [0.25, 0.3) is 0 Å². The number of piperidine rings is 1. The third kappa shape index (κ3) is 3.93. The maximum absolute atomic E-state index is 12.7. The molecule has 0 bridgehead atoms. The number of rotatable bonds is 6. The summed E-state index contributed by atoms with van der Waals surface area (Å²) in [5.41, 5.74) is 2.36. The van der Waals surface area contributed by atoms with Crippen LogP contribution < -0.4 is 15.0 Å². The second kappa shape index (κ2) is 8.29. The highest BCUT2D eigenvalue weighted by molar-refractivity contribution is 5.83. The van der Waals surface area contributed by atoms with E-state index in [1.165, 1.54) is 10.9 Å². The quantitative estimate of drug-likeness (QED) is 0.688. The molecule has 146 valence electrons. The zero-order chi connectivity index (χ0) is 19.3. The van der Waals surface area contributed by atoms with E-state index in [2.05, 4.69) is 37.5 Å². The van der Waals surface area contributed by atoms with Gasteiger partial charge >= 0.3 is 0 Å². The Morgan fingerprint density at radius 1 is 1.29 bits per heavy atom. The van der Waals surface area contributed by atoms with Gasteiger partial charge < -0.3 is 19.9 Å². The minimum atomic E-state index is -0.0272. The second-order valence-corrected chi connectivity index (χ2v) is 7.12. The Kier molecular flexibility index (Phi) is 5.41. The highest BCUT2D eigenvalue weighted by Gasteiger charge is 2.26. The van der Waals surface area contributed by atoms with Crippen molar-refractivity contribution in [2.24, 2.45) is 5.92 Å². The number of para-hydroxylation sites is 1. The van der Waals surface area contributed by atoms with Gasteiger partial charge in [-0.1, -0.05) is 18.2 Å². The number of nitrogens with one attached hydrogen (secondary N) is 2. The third-order valence-electron chi connectivity index (χ3n) is 5.32. The molecule has 1 atom stereocenters. The van der Waals surface area contributed by atoms with Crippen LogP contribution >= 0.6 is 0 Å². The SMILES string of the molecule is COc1ccc(N2CCCC(C(=O)NCCc3c[nH]c4ccccc34)C2)nn1. The van der Waals surface area contributed by atoms with Crippen LogP contribution in [0.25, 0.3) is 10.9 Å². The molecule has 1 saturated heterocycles. The number of ether oxygens (including phenoxy) is 1. The number of carbonyl (C=O) groups excluding carboxylic acids is 1. The first-order chi connectivity index (χ1) is 13.7. The monoisotopic (exact) mass is 379 g/mol. The molecular formula is C21H25N5O2. The number of methoxy groups -OCH3 is 1. The van der Waals surface area contributed by atoms with E-state index in [0.717, 1.165) is 37.1 Å². The fourth-order valence-corrected chi connectivity index (χ4v) is 3.79. The van der Waals surface area contributed by atoms with E-state index in [9.17, 15) is 4.79 Å². The van der Waals surface area contributed by atoms with Crippen LogP contribution in [-0.4, -0.2) is 47.8 Å². The molecule has 7 nitrogen and oxygen atoms in total. The van der Waals surface area contributed by atoms with Crippen molar-refractivity contribution in [3.63, 3.8) is 0 Å². The minimum absolute atomic E-state index is 0.0272. The van der Waals surface area contributed by atoms with Gasteiger partial charge in [-0.3, -0.25) is 4.79 Å². The highest BCUT2D eigenvalue weighted by Crippen LogP contribution is 2.22. The van der Waals surface area contributed by atoms with Crippen LogP contribution in [0.2, 0.25) is 0 Å². The molecule has 7 heteroatoms. The Labute approximate surface area is 164 Å². The number of aromatic amines is 1. The predicted octanol–water partition coefficient (Wildman–Crippen LogP) is 2.54. The summed E-state index contributed by atoms with van der Waals surface area (Å²) in [4.78, 5) is 18.1. The van der Waals surface area contributed by atoms with Crippen LogP contribution in [0.1, 0.15) is 18.4 Å². The number of H-pyrrole nitrogens is 1. The van der Waals surface area contributed by atoms with E-state index in [1.807, 2.05) is 24.4 Å². The lowest BCUT2D eigenvalue weighted by molar-refractivity contribution is -0.125. The lowest BCUT2D eigenvalue weighted by atomic mass is 9.97. The molecule has 4 rings (SSSR count). The molecule has 2 N–H and O–H groups in total. The van der Waals surface area contributed by atoms with Gasteiger partial charge in [0.1, 0.15) is 0 Å². The molecule has 1 aromatic carbocycles. The van der Waals surface area contributed by atoms with Crippen LogP contribution in [0.4, 0.5) is 5.82 Å². The molecular weight excluding hydrogens is 354 g/mol. The Morgan fingerprint density at radius 3 is 3.00 bits per heavy atom. The van der Waals surface area contributed by atoms with E-state index >= 15 is 0 Å². The largest absolute Gasteiger partial charge is 0.480 e. The minimum Gasteiger partial charge on any atom is -0.480 e. The molecule has 0 radical (unpaired) electrons. The predicted molar refractivity (Wildman–Crippen MR) is 109 cm³/mol. The number of amides is 1. The summed E-state index contributed by atoms with van der Waals surface area (Å²) < 4.78 is 5.06. The Morgan fingerprint density at radius 2 is 2.18 bits per heavy atom. The number of fused-ring (bicyclic) bond motifs is 1. The molecule has 0 saturated carbocycles. The summed E-state index contributed by atoms with van der Waals surface area (Å²) in [6.45, 7) is 2.19. The first-order valence-electron chi connectivity index (χ1n) is 9.70. The number of hydrogen-bond donors (Lipinski definition) is 2. The third-order valence-corrected chi connectivity index (χ3v) is 5.32. The number of anilines is 1. The molecule has 1 unspecified atom stereocenters. The van der Waals surface area contributed by atoms with Crippen molar-refractivity contribution in [2.75, 3.05) is 31.6 Å². The first kappa shape index (κ1) is 18.3. The fourth-order valence-electron chi connectivity index (χ4n) is 3.79. The maximum atomic E-state index is 12.7. The van der Waals surface area contributed by atoms with Gasteiger partial charge in [0.15, 0.2) is 5.82 Å². The van der Waals surface area contributed by atoms with E-state index in [-0.39, 0.29) is 11.8 Å². The molecule has 1 aliphatic rings. The number of carbonyl (C=O) groups is 1. The molecule has 28 heavy (non-hydrogen) atoms. The van der Waals surface area contributed by atoms with Crippen molar-refractivity contribution in [3.05, 3.63) is 48.2 Å². The van der Waals surface area contributed by atoms with Crippen molar-refractivity contribution in [3.8, 4) is 5.88 Å². The van der Waals surface area contributed by atoms with Crippen LogP contribution in [0.3, 0.4) is 0 Å². The van der Waals surface area contributed by atoms with Crippen LogP contribution in [0, 0.1) is 5.92 Å². The van der Waals surface area contributed by atoms with Gasteiger partial charge in [0, 0.05) is 42.8 Å². The molecule has 1 aliphatic heterocycles. The molecule has 3 heterocycles. The van der Waals surface area contributed by atoms with Gasteiger partial charge in [-0.25, -0.2) is 0 Å². The second-order valence-electron chi connectivity index (χ2n) is 7.12. The average molecular weight is 379 g/mol. The summed E-state index contributed by atoms with van der Waals surface area (Å²) in [5, 5.41) is 12.6. The van der Waals surface area contributed by atoms with Crippen molar-refractivity contribution in [1.82, 2.24) is 20.5 Å². The molecule has 0 aliphatic carbocycles. The van der Waals surface area contributed by atoms with Crippen LogP contribution in [0.5, 0.6) is 5.88 Å². The summed E-state index contributed by atoms with van der Waals surface area (Å²) in [7, 11) is 1.57. The van der Waals surface area contributed by atoms with Crippen molar-refractivity contribution in [2.45, 2.75) is 19.3 Å². The number of benzene rings is 1. The molecule has 3 aromatic rings. The summed E-state index contributed by atoms with van der Waals surface area (Å²) in [5.74, 6) is 1.37. The van der Waals surface area contributed by atoms with E-state index in [4.69, 9.17) is 4.74 Å². The zero-order valence-electron chi connectivity index (χ0n) is 16.0. The zero-order valence-corrected chi connectivity index (χ0v) is 16.0. The van der Waals surface area contributed by atoms with Crippen LogP contribution in [-0.2, 0) is 11.2 Å². The number of hydrogen-bond acceptors (Lipinski definition) is 5. The van der Waals surface area contributed by atoms with Crippen molar-refractivity contribution >= 4 is 22.6 Å². The van der Waals surface area contributed by atoms with Crippen LogP contribution in [0.15, 0.2) is 42.6 Å². The summed E-state index contributed by atoms with van der Waals surface area (Å²) >= 11 is 0. The lowest BCUT2D eigenvalue weighted by Crippen LogP contribution is -2.43. The Balaban J connectivity index is 1.31. The number of aromatic nitrogens is 3. The Hall–Kier alpha value is -3.09. The van der Waals surface area contributed by atoms with Crippen molar-refractivity contribution in [1.29, 1.82) is 0 Å². The van der Waals surface area contributed by atoms with E-state index in [0.29, 0.717) is 19.0 Å². The number of nitrogens with zero attached hydrogens (tertiary/aromatic N) is 3. The smallest absolute Gasteiger partial charge is 0.233 e. The fraction of sp³-hybridized carbons (Fsp3) is 0.381. The van der Waals surface area contributed by atoms with Gasteiger partial charge in [0.2, 0.25) is 11.8 Å². The summed E-state index contributed by atoms with van der Waals surface area (Å²) in [6, 6.07) is 11.9. The van der Waals surface area contributed by atoms with E-state index in [1.54, 1.807) is 13.2 Å². The highest BCUT2D eigenvalue weighted by atomic mass is 16.5. The lowest BCUT2D eigenvalue weighted by Gasteiger charge is -2.32. The normalized spacial score (nSPS) is 16.9. The van der Waals surface area contributed by atoms with Gasteiger partial charge in [0.05, 0.1) is 13.0 Å². The average Bonchev–Trinajstić information content (AvgIpc) is 3.17. The molecule has 2 aromatic heterocycles. The van der Waals surface area contributed by atoms with Crippen molar-refractivity contribution < 1.29 is 9.53 Å². The van der Waals surface area contributed by atoms with E-state index < -0.39 is 0 Å². The molecule has 1 fully saturated rings. The standard InChI is InChI=1S/C21H25N5O2/c1-28-20-9-8-19(24-25-20)26-12-4-5-16(14-26)21(27)22-11-10-15-13-23-18-7-3-2-6-17(15)18/h2-3,6-9,13,16,23H,4-5,10-12,14H2,1H3,(H,22,27). The summed E-state index contributed by atoms with van der Waals surface area (Å²) in [6.07, 6.45) is 4.71. The van der Waals surface area contributed by atoms with Gasteiger partial charge in [-0.2, -0.15) is 0 Å². The maximum Gasteiger partial charge on any atom is 0.233 e. The molecule has 1 amide bonds. The first-order valence-corrected chi connectivity index (χ1v) is 9.70. The van der Waals surface area contributed by atoms with Gasteiger partial charge in [-0.15, -0.1) is 10.2 Å².